The van der Waals surface area contributed by atoms with Gasteiger partial charge in [-0.1, -0.05) is 13.3 Å². The smallest absolute Gasteiger partial charge is 0.269 e. The van der Waals surface area contributed by atoms with E-state index in [1.165, 1.54) is 37.1 Å². The van der Waals surface area contributed by atoms with Crippen molar-refractivity contribution in [2.75, 3.05) is 12.3 Å². The molecule has 0 saturated carbocycles. The second-order valence-corrected chi connectivity index (χ2v) is 2.99. The van der Waals surface area contributed by atoms with Crippen LogP contribution in [0.4, 0.5) is 11.4 Å². The van der Waals surface area contributed by atoms with Crippen LogP contribution in [-0.2, 0) is 0 Å². The van der Waals surface area contributed by atoms with Crippen molar-refractivity contribution >= 4 is 11.4 Å². The van der Waals surface area contributed by atoms with Crippen LogP contribution in [0.3, 0.4) is 0 Å². The summed E-state index contributed by atoms with van der Waals surface area (Å²) in [6.45, 7) is 2.98. The molecule has 0 aliphatic carbocycles. The molecular weight excluding hydrogens is 194 g/mol. The predicted octanol–water partition coefficient (Wildman–Crippen LogP) is 1.92. The Balaban J connectivity index is 0.000000336. The Morgan fingerprint density at radius 1 is 1.33 bits per heavy atom. The van der Waals surface area contributed by atoms with Crippen molar-refractivity contribution in [2.24, 2.45) is 5.73 Å². The molecular formula is C10H17N3O2. The van der Waals surface area contributed by atoms with Gasteiger partial charge in [-0.15, -0.1) is 0 Å². The van der Waals surface area contributed by atoms with E-state index in [-0.39, 0.29) is 5.69 Å². The van der Waals surface area contributed by atoms with Gasteiger partial charge in [0.1, 0.15) is 0 Å². The third kappa shape index (κ3) is 6.45. The summed E-state index contributed by atoms with van der Waals surface area (Å²) in [6.07, 6.45) is 2.39. The molecule has 5 nitrogen and oxygen atoms in total. The Labute approximate surface area is 89.2 Å². The van der Waals surface area contributed by atoms with Crippen LogP contribution in [0.1, 0.15) is 19.8 Å². The summed E-state index contributed by atoms with van der Waals surface area (Å²) in [4.78, 5) is 9.62. The van der Waals surface area contributed by atoms with E-state index in [1.807, 2.05) is 0 Å². The third-order valence-electron chi connectivity index (χ3n) is 1.66. The van der Waals surface area contributed by atoms with E-state index in [4.69, 9.17) is 11.5 Å². The van der Waals surface area contributed by atoms with E-state index in [9.17, 15) is 10.1 Å². The number of nitrogens with two attached hydrogens (primary N) is 2. The molecule has 0 aromatic heterocycles. The van der Waals surface area contributed by atoms with Gasteiger partial charge in [0.15, 0.2) is 0 Å². The first-order chi connectivity index (χ1) is 7.11. The van der Waals surface area contributed by atoms with E-state index < -0.39 is 4.92 Å². The molecule has 0 amide bonds. The zero-order valence-corrected chi connectivity index (χ0v) is 8.85. The first-order valence-corrected chi connectivity index (χ1v) is 4.81. The van der Waals surface area contributed by atoms with Crippen LogP contribution < -0.4 is 11.5 Å². The standard InChI is InChI=1S/C6H6N2O2.C4H11N/c7-5-1-3-6(4-2-5)8(9)10;1-2-3-4-5/h1-4H,7H2;2-5H2,1H3. The van der Waals surface area contributed by atoms with E-state index in [2.05, 4.69) is 6.92 Å². The van der Waals surface area contributed by atoms with Crippen molar-refractivity contribution in [3.8, 4) is 0 Å². The number of nitrogens with zero attached hydrogens (tertiary/aromatic N) is 1. The number of hydrogen-bond acceptors (Lipinski definition) is 4. The topological polar surface area (TPSA) is 95.2 Å². The lowest BCUT2D eigenvalue weighted by Gasteiger charge is -1.90. The largest absolute Gasteiger partial charge is 0.399 e. The average Bonchev–Trinajstić information content (AvgIpc) is 2.20. The van der Waals surface area contributed by atoms with Gasteiger partial charge in [0, 0.05) is 17.8 Å². The number of rotatable bonds is 3. The minimum atomic E-state index is -0.459. The summed E-state index contributed by atoms with van der Waals surface area (Å²) in [7, 11) is 0. The van der Waals surface area contributed by atoms with Gasteiger partial charge in [-0.2, -0.15) is 0 Å². The number of benzene rings is 1. The molecule has 0 saturated heterocycles. The fourth-order valence-corrected chi connectivity index (χ4v) is 0.800. The molecule has 0 atom stereocenters. The van der Waals surface area contributed by atoms with Crippen molar-refractivity contribution in [2.45, 2.75) is 19.8 Å². The van der Waals surface area contributed by atoms with Gasteiger partial charge in [-0.3, -0.25) is 10.1 Å². The van der Waals surface area contributed by atoms with Gasteiger partial charge in [-0.05, 0) is 25.1 Å². The molecule has 1 rings (SSSR count). The molecule has 0 aliphatic rings. The lowest BCUT2D eigenvalue weighted by atomic mass is 10.3. The number of nitro benzene ring substituents is 1. The van der Waals surface area contributed by atoms with Crippen molar-refractivity contribution < 1.29 is 4.92 Å². The van der Waals surface area contributed by atoms with Gasteiger partial charge < -0.3 is 11.5 Å². The molecule has 0 unspecified atom stereocenters. The van der Waals surface area contributed by atoms with Crippen LogP contribution in [-0.4, -0.2) is 11.5 Å². The minimum Gasteiger partial charge on any atom is -0.399 e. The number of nitrogen functional groups attached to an aromatic ring is 1. The summed E-state index contributed by atoms with van der Waals surface area (Å²) in [5, 5.41) is 10.1. The lowest BCUT2D eigenvalue weighted by Crippen LogP contribution is -1.95. The number of nitro groups is 1. The number of hydrogen-bond donors (Lipinski definition) is 2. The van der Waals surface area contributed by atoms with E-state index in [0.29, 0.717) is 5.69 Å². The van der Waals surface area contributed by atoms with Crippen molar-refractivity contribution in [1.82, 2.24) is 0 Å². The van der Waals surface area contributed by atoms with Gasteiger partial charge in [0.05, 0.1) is 4.92 Å². The highest BCUT2D eigenvalue weighted by Gasteiger charge is 2.00. The summed E-state index contributed by atoms with van der Waals surface area (Å²) in [6, 6.07) is 5.74. The second kappa shape index (κ2) is 7.75. The fourth-order valence-electron chi connectivity index (χ4n) is 0.800. The Morgan fingerprint density at radius 3 is 2.13 bits per heavy atom. The quantitative estimate of drug-likeness (QED) is 0.453. The van der Waals surface area contributed by atoms with E-state index in [0.717, 1.165) is 6.54 Å². The van der Waals surface area contributed by atoms with Crippen LogP contribution in [0, 0.1) is 10.1 Å². The number of non-ortho nitro benzene ring substituents is 1. The second-order valence-electron chi connectivity index (χ2n) is 2.99. The molecule has 5 heteroatoms. The Bertz CT molecular complexity index is 283. The molecule has 0 radical (unpaired) electrons. The molecule has 0 aliphatic heterocycles. The molecule has 0 bridgehead atoms. The summed E-state index contributed by atoms with van der Waals surface area (Å²) in [5.74, 6) is 0. The highest BCUT2D eigenvalue weighted by molar-refractivity contribution is 5.44. The highest BCUT2D eigenvalue weighted by Crippen LogP contribution is 2.11. The van der Waals surface area contributed by atoms with Gasteiger partial charge >= 0.3 is 0 Å². The maximum absolute atomic E-state index is 10.1. The average molecular weight is 211 g/mol. The predicted molar refractivity (Wildman–Crippen MR) is 61.5 cm³/mol. The number of unbranched alkanes of at least 4 members (excludes halogenated alkanes) is 1. The first-order valence-electron chi connectivity index (χ1n) is 4.81. The molecule has 84 valence electrons. The highest BCUT2D eigenvalue weighted by atomic mass is 16.6. The van der Waals surface area contributed by atoms with Crippen molar-refractivity contribution in [3.05, 3.63) is 34.4 Å². The van der Waals surface area contributed by atoms with Gasteiger partial charge in [0.25, 0.3) is 5.69 Å². The lowest BCUT2D eigenvalue weighted by molar-refractivity contribution is -0.384. The van der Waals surface area contributed by atoms with Crippen LogP contribution in [0.5, 0.6) is 0 Å². The Morgan fingerprint density at radius 2 is 1.87 bits per heavy atom. The van der Waals surface area contributed by atoms with Crippen LogP contribution >= 0.6 is 0 Å². The zero-order valence-electron chi connectivity index (χ0n) is 8.85. The monoisotopic (exact) mass is 211 g/mol. The van der Waals surface area contributed by atoms with Gasteiger partial charge in [0.2, 0.25) is 0 Å². The summed E-state index contributed by atoms with van der Waals surface area (Å²) in [5.41, 5.74) is 11.0. The van der Waals surface area contributed by atoms with Crippen LogP contribution in [0.2, 0.25) is 0 Å². The SMILES string of the molecule is CCCCN.Nc1ccc([N+](=O)[O-])cc1. The molecule has 0 spiro atoms. The first kappa shape index (κ1) is 13.4. The third-order valence-corrected chi connectivity index (χ3v) is 1.66. The van der Waals surface area contributed by atoms with Crippen molar-refractivity contribution in [1.29, 1.82) is 0 Å². The maximum Gasteiger partial charge on any atom is 0.269 e. The minimum absolute atomic E-state index is 0.0641. The Kier molecular flexibility index (Phi) is 6.92. The molecule has 0 fully saturated rings. The molecule has 1 aromatic rings. The van der Waals surface area contributed by atoms with Gasteiger partial charge in [-0.25, -0.2) is 0 Å². The molecule has 4 N–H and O–H groups in total. The maximum atomic E-state index is 10.1. The zero-order chi connectivity index (χ0) is 11.7. The van der Waals surface area contributed by atoms with Crippen LogP contribution in [0.15, 0.2) is 24.3 Å². The summed E-state index contributed by atoms with van der Waals surface area (Å²) < 4.78 is 0. The summed E-state index contributed by atoms with van der Waals surface area (Å²) >= 11 is 0. The molecule has 1 aromatic carbocycles. The fraction of sp³-hybridized carbons (Fsp3) is 0.400. The Hall–Kier alpha value is -1.62. The molecule has 0 heterocycles. The van der Waals surface area contributed by atoms with Crippen molar-refractivity contribution in [3.63, 3.8) is 0 Å². The molecule has 15 heavy (non-hydrogen) atoms. The normalized spacial score (nSPS) is 8.93. The van der Waals surface area contributed by atoms with E-state index >= 15 is 0 Å². The van der Waals surface area contributed by atoms with E-state index in [1.54, 1.807) is 0 Å². The van der Waals surface area contributed by atoms with Crippen LogP contribution in [0.25, 0.3) is 0 Å². The number of anilines is 1.